The molecule has 0 atom stereocenters. The predicted octanol–water partition coefficient (Wildman–Crippen LogP) is 3.82. The van der Waals surface area contributed by atoms with E-state index < -0.39 is 0 Å². The first-order valence-electron chi connectivity index (χ1n) is 11.4. The summed E-state index contributed by atoms with van der Waals surface area (Å²) in [6, 6.07) is 6.25. The van der Waals surface area contributed by atoms with E-state index in [1.54, 1.807) is 14.7 Å². The Morgan fingerprint density at radius 2 is 0.667 bits per heavy atom. The maximum Gasteiger partial charge on any atom is 0.198 e. The molecule has 0 saturated carbocycles. The van der Waals surface area contributed by atoms with E-state index in [1.807, 2.05) is 75.2 Å². The van der Waals surface area contributed by atoms with E-state index in [4.69, 9.17) is 16.2 Å². The molecule has 0 spiro atoms. The molecule has 186 valence electrons. The highest BCUT2D eigenvalue weighted by molar-refractivity contribution is 6.01. The molecule has 9 heteroatoms. The van der Waals surface area contributed by atoms with Crippen LogP contribution in [0, 0.1) is 16.2 Å². The lowest BCUT2D eigenvalue weighted by Crippen LogP contribution is -2.47. The fourth-order valence-corrected chi connectivity index (χ4v) is 3.64. The van der Waals surface area contributed by atoms with E-state index in [0.29, 0.717) is 17.9 Å². The summed E-state index contributed by atoms with van der Waals surface area (Å²) in [6.45, 7) is 12.4. The Morgan fingerprint density at radius 3 is 0.788 bits per heavy atom. The van der Waals surface area contributed by atoms with Gasteiger partial charge in [-0.05, 0) is 59.7 Å². The van der Waals surface area contributed by atoms with Crippen LogP contribution in [0.25, 0.3) is 0 Å². The van der Waals surface area contributed by atoms with Gasteiger partial charge in [-0.3, -0.25) is 16.2 Å². The molecule has 0 aliphatic rings. The molecular weight excluding hydrogens is 414 g/mol. The second kappa shape index (κ2) is 11.2. The molecule has 0 saturated heterocycles. The zero-order valence-electron chi connectivity index (χ0n) is 22.6. The summed E-state index contributed by atoms with van der Waals surface area (Å²) in [7, 11) is 11.2. The minimum atomic E-state index is 0.0459. The Balaban J connectivity index is 3.95. The Bertz CT molecular complexity index is 719. The van der Waals surface area contributed by atoms with E-state index in [1.165, 1.54) is 0 Å². The number of benzene rings is 1. The van der Waals surface area contributed by atoms with Gasteiger partial charge in [0.15, 0.2) is 17.9 Å². The van der Waals surface area contributed by atoms with Crippen LogP contribution in [0.2, 0.25) is 0 Å². The highest BCUT2D eigenvalue weighted by Crippen LogP contribution is 2.34. The van der Waals surface area contributed by atoms with Gasteiger partial charge in [0.1, 0.15) is 0 Å². The molecule has 0 aliphatic heterocycles. The summed E-state index contributed by atoms with van der Waals surface area (Å²) in [4.78, 5) is 11.3. The van der Waals surface area contributed by atoms with Gasteiger partial charge in [-0.25, -0.2) is 0 Å². The molecule has 33 heavy (non-hydrogen) atoms. The van der Waals surface area contributed by atoms with Gasteiger partial charge < -0.3 is 29.4 Å². The smallest absolute Gasteiger partial charge is 0.198 e. The zero-order chi connectivity index (χ0) is 25.8. The van der Waals surface area contributed by atoms with Gasteiger partial charge in [-0.15, -0.1) is 0 Å². The van der Waals surface area contributed by atoms with Crippen molar-refractivity contribution in [3.63, 3.8) is 0 Å². The molecule has 0 aromatic heterocycles. The van der Waals surface area contributed by atoms with Gasteiger partial charge in [0.25, 0.3) is 0 Å². The molecule has 0 unspecified atom stereocenters. The van der Waals surface area contributed by atoms with Crippen LogP contribution in [0.15, 0.2) is 18.2 Å². The van der Waals surface area contributed by atoms with Gasteiger partial charge >= 0.3 is 0 Å². The standard InChI is InChI=1S/C24H45N9/c1-16(2)31(22(25)28(7)8)19-13-20(32(17(3)4)23(26)29(9)10)15-21(14-19)33(18(5)6)24(27)30(11)12/h13-18,25-27H,1-12H3. The molecule has 0 radical (unpaired) electrons. The van der Waals surface area contributed by atoms with Crippen molar-refractivity contribution in [3.8, 4) is 0 Å². The summed E-state index contributed by atoms with van der Waals surface area (Å²) in [5.41, 5.74) is 2.56. The Morgan fingerprint density at radius 1 is 0.485 bits per heavy atom. The molecule has 0 fully saturated rings. The van der Waals surface area contributed by atoms with E-state index in [9.17, 15) is 0 Å². The topological polar surface area (TPSA) is 91.0 Å². The lowest BCUT2D eigenvalue weighted by atomic mass is 10.1. The molecule has 0 heterocycles. The first-order chi connectivity index (χ1) is 15.1. The lowest BCUT2D eigenvalue weighted by molar-refractivity contribution is 0.580. The van der Waals surface area contributed by atoms with Crippen molar-refractivity contribution in [2.24, 2.45) is 0 Å². The van der Waals surface area contributed by atoms with Crippen molar-refractivity contribution in [3.05, 3.63) is 18.2 Å². The first kappa shape index (κ1) is 28.1. The molecule has 0 aliphatic carbocycles. The fourth-order valence-electron chi connectivity index (χ4n) is 3.64. The van der Waals surface area contributed by atoms with E-state index in [-0.39, 0.29) is 18.1 Å². The second-order valence-corrected chi connectivity index (χ2v) is 9.75. The molecule has 1 rings (SSSR count). The van der Waals surface area contributed by atoms with Crippen LogP contribution in [-0.2, 0) is 0 Å². The van der Waals surface area contributed by atoms with Crippen LogP contribution < -0.4 is 14.7 Å². The first-order valence-corrected chi connectivity index (χ1v) is 11.4. The van der Waals surface area contributed by atoms with Crippen molar-refractivity contribution < 1.29 is 0 Å². The third-order valence-electron chi connectivity index (χ3n) is 5.23. The summed E-state index contributed by atoms with van der Waals surface area (Å²) < 4.78 is 0. The third-order valence-corrected chi connectivity index (χ3v) is 5.23. The quantitative estimate of drug-likeness (QED) is 0.443. The molecule has 0 amide bonds. The summed E-state index contributed by atoms with van der Waals surface area (Å²) >= 11 is 0. The number of hydrogen-bond acceptors (Lipinski definition) is 3. The number of nitrogens with one attached hydrogen (secondary N) is 3. The summed E-state index contributed by atoms with van der Waals surface area (Å²) in [6.07, 6.45) is 0. The minimum Gasteiger partial charge on any atom is -0.349 e. The van der Waals surface area contributed by atoms with E-state index in [2.05, 4.69) is 41.5 Å². The second-order valence-electron chi connectivity index (χ2n) is 9.75. The molecule has 9 nitrogen and oxygen atoms in total. The average molecular weight is 460 g/mol. The molecule has 1 aromatic rings. The van der Waals surface area contributed by atoms with Crippen LogP contribution in [0.5, 0.6) is 0 Å². The third kappa shape index (κ3) is 6.52. The Labute approximate surface area is 201 Å². The summed E-state index contributed by atoms with van der Waals surface area (Å²) in [5.74, 6) is 1.14. The van der Waals surface area contributed by atoms with E-state index >= 15 is 0 Å². The number of nitrogens with zero attached hydrogens (tertiary/aromatic N) is 6. The molecule has 1 aromatic carbocycles. The maximum atomic E-state index is 8.72. The monoisotopic (exact) mass is 459 g/mol. The van der Waals surface area contributed by atoms with Gasteiger partial charge in [-0.2, -0.15) is 0 Å². The van der Waals surface area contributed by atoms with Crippen molar-refractivity contribution in [2.45, 2.75) is 59.7 Å². The average Bonchev–Trinajstić information content (AvgIpc) is 2.66. The van der Waals surface area contributed by atoms with E-state index in [0.717, 1.165) is 17.1 Å². The summed E-state index contributed by atoms with van der Waals surface area (Å²) in [5, 5.41) is 26.2. The normalized spacial score (nSPS) is 11.0. The van der Waals surface area contributed by atoms with Crippen LogP contribution in [0.1, 0.15) is 41.5 Å². The van der Waals surface area contributed by atoms with Gasteiger partial charge in [0.05, 0.1) is 0 Å². The molecule has 0 bridgehead atoms. The number of hydrogen-bond donors (Lipinski definition) is 3. The zero-order valence-corrected chi connectivity index (χ0v) is 22.6. The van der Waals surface area contributed by atoms with Crippen LogP contribution in [-0.4, -0.2) is 93.0 Å². The molecular formula is C24H45N9. The van der Waals surface area contributed by atoms with Crippen molar-refractivity contribution >= 4 is 34.9 Å². The van der Waals surface area contributed by atoms with Gasteiger partial charge in [0.2, 0.25) is 0 Å². The highest BCUT2D eigenvalue weighted by atomic mass is 15.4. The predicted molar refractivity (Wildman–Crippen MR) is 144 cm³/mol. The largest absolute Gasteiger partial charge is 0.349 e. The van der Waals surface area contributed by atoms with Crippen molar-refractivity contribution in [2.75, 3.05) is 57.0 Å². The van der Waals surface area contributed by atoms with Crippen molar-refractivity contribution in [1.29, 1.82) is 16.2 Å². The van der Waals surface area contributed by atoms with Gasteiger partial charge in [-0.1, -0.05) is 0 Å². The number of rotatable bonds is 6. The number of anilines is 3. The SMILES string of the molecule is CC(C)N(C(=N)N(C)C)c1cc(N(C(=N)N(C)C)C(C)C)cc(N(C(=N)N(C)C)C(C)C)c1. The maximum absolute atomic E-state index is 8.72. The Kier molecular flexibility index (Phi) is 9.57. The minimum absolute atomic E-state index is 0.0459. The van der Waals surface area contributed by atoms with Crippen LogP contribution in [0.4, 0.5) is 17.1 Å². The van der Waals surface area contributed by atoms with Gasteiger partial charge in [0, 0.05) is 77.5 Å². The van der Waals surface area contributed by atoms with Crippen LogP contribution >= 0.6 is 0 Å². The Hall–Kier alpha value is -2.97. The van der Waals surface area contributed by atoms with Crippen LogP contribution in [0.3, 0.4) is 0 Å². The highest BCUT2D eigenvalue weighted by Gasteiger charge is 2.26. The molecule has 3 N–H and O–H groups in total. The van der Waals surface area contributed by atoms with Crippen molar-refractivity contribution in [1.82, 2.24) is 14.7 Å². The number of guanidine groups is 3. The lowest BCUT2D eigenvalue weighted by Gasteiger charge is -2.38. The fraction of sp³-hybridized carbons (Fsp3) is 0.625.